The topological polar surface area (TPSA) is 83.8 Å². The summed E-state index contributed by atoms with van der Waals surface area (Å²) in [4.78, 5) is 0. The second-order valence-corrected chi connectivity index (χ2v) is 3.60. The zero-order valence-electron chi connectivity index (χ0n) is 8.97. The number of nitrogens with two attached hydrogens (primary N) is 1. The molecule has 0 aliphatic heterocycles. The highest BCUT2D eigenvalue weighted by atomic mass is 16.4. The summed E-state index contributed by atoms with van der Waals surface area (Å²) in [5.41, 5.74) is 5.40. The maximum Gasteiger partial charge on any atom is 0.140 e. The first-order valence-electron chi connectivity index (χ1n) is 4.89. The summed E-state index contributed by atoms with van der Waals surface area (Å²) in [5.74, 6) is 1.10. The molecule has 4 N–H and O–H groups in total. The van der Waals surface area contributed by atoms with Gasteiger partial charge in [0, 0.05) is 12.5 Å². The number of nitrogens with zero attached hydrogens (tertiary/aromatic N) is 1. The molecular weight excluding hydrogens is 194 g/mol. The molecule has 0 aromatic carbocycles. The first-order valence-corrected chi connectivity index (χ1v) is 4.89. The average Bonchev–Trinajstić information content (AvgIpc) is 2.70. The van der Waals surface area contributed by atoms with Crippen LogP contribution in [-0.4, -0.2) is 17.1 Å². The van der Waals surface area contributed by atoms with E-state index in [-0.39, 0.29) is 17.9 Å². The van der Waals surface area contributed by atoms with Gasteiger partial charge in [-0.25, -0.2) is 0 Å². The van der Waals surface area contributed by atoms with Crippen molar-refractivity contribution in [3.63, 3.8) is 0 Å². The zero-order chi connectivity index (χ0) is 11.3. The molecule has 1 aromatic rings. The Bertz CT molecular complexity index is 308. The molecule has 1 unspecified atom stereocenters. The first-order chi connectivity index (χ1) is 7.13. The van der Waals surface area contributed by atoms with Crippen molar-refractivity contribution in [1.29, 1.82) is 0 Å². The van der Waals surface area contributed by atoms with Gasteiger partial charge in [0.05, 0.1) is 12.3 Å². The van der Waals surface area contributed by atoms with Gasteiger partial charge in [-0.3, -0.25) is 0 Å². The van der Waals surface area contributed by atoms with Crippen molar-refractivity contribution >= 4 is 5.84 Å². The molecule has 15 heavy (non-hydrogen) atoms. The molecule has 1 heterocycles. The van der Waals surface area contributed by atoms with E-state index in [9.17, 15) is 0 Å². The molecule has 0 saturated carbocycles. The second kappa shape index (κ2) is 5.41. The van der Waals surface area contributed by atoms with Gasteiger partial charge < -0.3 is 20.7 Å². The summed E-state index contributed by atoms with van der Waals surface area (Å²) >= 11 is 0. The van der Waals surface area contributed by atoms with Crippen molar-refractivity contribution in [3.8, 4) is 0 Å². The summed E-state index contributed by atoms with van der Waals surface area (Å²) in [6.07, 6.45) is 2.14. The van der Waals surface area contributed by atoms with Crippen molar-refractivity contribution < 1.29 is 9.62 Å². The fourth-order valence-corrected chi connectivity index (χ4v) is 1.46. The number of hydrogen-bond donors (Lipinski definition) is 3. The molecular formula is C10H17N3O2. The van der Waals surface area contributed by atoms with E-state index in [1.807, 2.05) is 26.0 Å². The minimum Gasteiger partial charge on any atom is -0.468 e. The number of rotatable bonds is 5. The highest BCUT2D eigenvalue weighted by Gasteiger charge is 2.12. The lowest BCUT2D eigenvalue weighted by atomic mass is 10.1. The maximum absolute atomic E-state index is 8.42. The fourth-order valence-electron chi connectivity index (χ4n) is 1.46. The third kappa shape index (κ3) is 3.63. The minimum atomic E-state index is 0.112. The van der Waals surface area contributed by atoms with Crippen LogP contribution in [0.25, 0.3) is 0 Å². The van der Waals surface area contributed by atoms with Crippen LogP contribution in [0.1, 0.15) is 32.1 Å². The Morgan fingerprint density at radius 3 is 2.93 bits per heavy atom. The SMILES string of the molecule is CC(C/C(N)=N/O)N[C@@H](C)c1ccco1. The van der Waals surface area contributed by atoms with Crippen molar-refractivity contribution in [3.05, 3.63) is 24.2 Å². The number of amidine groups is 1. The number of furan rings is 1. The lowest BCUT2D eigenvalue weighted by Crippen LogP contribution is -2.32. The van der Waals surface area contributed by atoms with Gasteiger partial charge in [-0.15, -0.1) is 0 Å². The van der Waals surface area contributed by atoms with E-state index in [0.29, 0.717) is 6.42 Å². The second-order valence-electron chi connectivity index (χ2n) is 3.60. The summed E-state index contributed by atoms with van der Waals surface area (Å²) in [6.45, 7) is 3.97. The van der Waals surface area contributed by atoms with Gasteiger partial charge >= 0.3 is 0 Å². The van der Waals surface area contributed by atoms with Crippen LogP contribution in [0.2, 0.25) is 0 Å². The lowest BCUT2D eigenvalue weighted by molar-refractivity contribution is 0.315. The van der Waals surface area contributed by atoms with Crippen LogP contribution in [0, 0.1) is 0 Å². The molecule has 0 amide bonds. The van der Waals surface area contributed by atoms with Crippen LogP contribution in [0.3, 0.4) is 0 Å². The smallest absolute Gasteiger partial charge is 0.140 e. The van der Waals surface area contributed by atoms with Crippen LogP contribution in [0.5, 0.6) is 0 Å². The minimum absolute atomic E-state index is 0.112. The Balaban J connectivity index is 2.41. The van der Waals surface area contributed by atoms with Crippen molar-refractivity contribution in [2.75, 3.05) is 0 Å². The molecule has 84 valence electrons. The predicted octanol–water partition coefficient (Wildman–Crippen LogP) is 1.46. The zero-order valence-corrected chi connectivity index (χ0v) is 8.97. The Kier molecular flexibility index (Phi) is 4.17. The van der Waals surface area contributed by atoms with E-state index in [4.69, 9.17) is 15.4 Å². The van der Waals surface area contributed by atoms with E-state index < -0.39 is 0 Å². The van der Waals surface area contributed by atoms with Crippen LogP contribution in [0.4, 0.5) is 0 Å². The van der Waals surface area contributed by atoms with Crippen molar-refractivity contribution in [2.45, 2.75) is 32.4 Å². The highest BCUT2D eigenvalue weighted by molar-refractivity contribution is 5.80. The molecule has 0 saturated heterocycles. The molecule has 0 aliphatic carbocycles. The van der Waals surface area contributed by atoms with Gasteiger partial charge in [-0.2, -0.15) is 0 Å². The van der Waals surface area contributed by atoms with Gasteiger partial charge in [-0.05, 0) is 26.0 Å². The summed E-state index contributed by atoms with van der Waals surface area (Å²) < 4.78 is 5.25. The lowest BCUT2D eigenvalue weighted by Gasteiger charge is -2.17. The Morgan fingerprint density at radius 1 is 1.67 bits per heavy atom. The van der Waals surface area contributed by atoms with E-state index >= 15 is 0 Å². The number of nitrogens with one attached hydrogen (secondary N) is 1. The molecule has 0 aliphatic rings. The molecule has 5 heteroatoms. The quantitative estimate of drug-likeness (QED) is 0.298. The highest BCUT2D eigenvalue weighted by Crippen LogP contribution is 2.13. The van der Waals surface area contributed by atoms with Gasteiger partial charge in [0.2, 0.25) is 0 Å². The van der Waals surface area contributed by atoms with Crippen molar-refractivity contribution in [2.24, 2.45) is 10.9 Å². The van der Waals surface area contributed by atoms with E-state index in [1.165, 1.54) is 0 Å². The molecule has 1 rings (SSSR count). The molecule has 2 atom stereocenters. The van der Waals surface area contributed by atoms with E-state index in [0.717, 1.165) is 5.76 Å². The molecule has 1 aromatic heterocycles. The Hall–Kier alpha value is -1.49. The maximum atomic E-state index is 8.42. The molecule has 0 spiro atoms. The number of hydrogen-bond acceptors (Lipinski definition) is 4. The van der Waals surface area contributed by atoms with Gasteiger partial charge in [-0.1, -0.05) is 5.16 Å². The van der Waals surface area contributed by atoms with Crippen LogP contribution in [0.15, 0.2) is 28.0 Å². The van der Waals surface area contributed by atoms with Crippen LogP contribution >= 0.6 is 0 Å². The largest absolute Gasteiger partial charge is 0.468 e. The van der Waals surface area contributed by atoms with Crippen molar-refractivity contribution in [1.82, 2.24) is 5.32 Å². The average molecular weight is 211 g/mol. The third-order valence-corrected chi connectivity index (χ3v) is 2.15. The summed E-state index contributed by atoms with van der Waals surface area (Å²) in [7, 11) is 0. The number of oxime groups is 1. The monoisotopic (exact) mass is 211 g/mol. The van der Waals surface area contributed by atoms with Crippen LogP contribution in [-0.2, 0) is 0 Å². The van der Waals surface area contributed by atoms with Gasteiger partial charge in [0.15, 0.2) is 0 Å². The molecule has 0 fully saturated rings. The Labute approximate surface area is 88.9 Å². The summed E-state index contributed by atoms with van der Waals surface area (Å²) in [5, 5.41) is 14.6. The van der Waals surface area contributed by atoms with E-state index in [2.05, 4.69) is 10.5 Å². The standard InChI is InChI=1S/C10H17N3O2/c1-7(6-10(11)13-14)12-8(2)9-4-3-5-15-9/h3-5,7-8,12,14H,6H2,1-2H3,(H2,11,13)/t7?,8-/m0/s1. The van der Waals surface area contributed by atoms with E-state index in [1.54, 1.807) is 6.26 Å². The third-order valence-electron chi connectivity index (χ3n) is 2.15. The molecule has 5 nitrogen and oxygen atoms in total. The van der Waals surface area contributed by atoms with Gasteiger partial charge in [0.1, 0.15) is 11.6 Å². The molecule has 0 radical (unpaired) electrons. The normalized spacial score (nSPS) is 16.3. The Morgan fingerprint density at radius 2 is 2.40 bits per heavy atom. The first kappa shape index (κ1) is 11.6. The van der Waals surface area contributed by atoms with Gasteiger partial charge in [0.25, 0.3) is 0 Å². The predicted molar refractivity (Wildman–Crippen MR) is 57.7 cm³/mol. The van der Waals surface area contributed by atoms with Crippen LogP contribution < -0.4 is 11.1 Å². The summed E-state index contributed by atoms with van der Waals surface area (Å²) in [6, 6.07) is 4.00. The molecule has 0 bridgehead atoms. The fraction of sp³-hybridized carbons (Fsp3) is 0.500.